The lowest BCUT2D eigenvalue weighted by Crippen LogP contribution is -2.44. The van der Waals surface area contributed by atoms with Gasteiger partial charge in [0.05, 0.1) is 32.0 Å². The van der Waals surface area contributed by atoms with E-state index in [0.717, 1.165) is 6.20 Å². The molecule has 0 N–H and O–H groups in total. The smallest absolute Gasteiger partial charge is 0.427 e. The molecule has 230 valence electrons. The van der Waals surface area contributed by atoms with Crippen LogP contribution in [0.1, 0.15) is 53.7 Å². The highest BCUT2D eigenvalue weighted by atomic mass is 19.3. The summed E-state index contributed by atoms with van der Waals surface area (Å²) in [6, 6.07) is 0. The van der Waals surface area contributed by atoms with E-state index >= 15 is 0 Å². The number of imide groups is 1. The summed E-state index contributed by atoms with van der Waals surface area (Å²) in [5.74, 6) is -0.152. The molecule has 16 heteroatoms. The van der Waals surface area contributed by atoms with Gasteiger partial charge in [0.1, 0.15) is 16.9 Å². The van der Waals surface area contributed by atoms with E-state index in [1.807, 2.05) is 9.80 Å². The van der Waals surface area contributed by atoms with Crippen LogP contribution in [0.15, 0.2) is 6.20 Å². The van der Waals surface area contributed by atoms with E-state index in [2.05, 4.69) is 24.9 Å². The van der Waals surface area contributed by atoms with Crippen molar-refractivity contribution in [2.45, 2.75) is 59.2 Å². The van der Waals surface area contributed by atoms with Crippen molar-refractivity contribution in [1.82, 2.24) is 24.9 Å². The lowest BCUT2D eigenvalue weighted by molar-refractivity contribution is 0.0426. The highest BCUT2D eigenvalue weighted by Gasteiger charge is 2.36. The normalized spacial score (nSPS) is 16.4. The van der Waals surface area contributed by atoms with Gasteiger partial charge in [0.15, 0.2) is 5.82 Å². The van der Waals surface area contributed by atoms with Crippen molar-refractivity contribution in [3.63, 3.8) is 0 Å². The summed E-state index contributed by atoms with van der Waals surface area (Å²) < 4.78 is 50.6. The van der Waals surface area contributed by atoms with Gasteiger partial charge >= 0.3 is 12.2 Å². The molecule has 0 spiro atoms. The monoisotopic (exact) mass is 594 g/mol. The van der Waals surface area contributed by atoms with Gasteiger partial charge in [-0.25, -0.2) is 28.3 Å². The summed E-state index contributed by atoms with van der Waals surface area (Å²) in [6.45, 7) is 13.4. The van der Waals surface area contributed by atoms with Crippen molar-refractivity contribution in [1.29, 1.82) is 0 Å². The summed E-state index contributed by atoms with van der Waals surface area (Å²) in [5, 5.41) is 0. The zero-order valence-electron chi connectivity index (χ0n) is 24.6. The third-order valence-electron chi connectivity index (χ3n) is 5.80. The van der Waals surface area contributed by atoms with Crippen molar-refractivity contribution >= 4 is 30.0 Å². The second-order valence-corrected chi connectivity index (χ2v) is 11.5. The summed E-state index contributed by atoms with van der Waals surface area (Å²) in [6.07, 6.45) is -4.47. The lowest BCUT2D eigenvalue weighted by Gasteiger charge is -2.30. The second kappa shape index (κ2) is 12.6. The standard InChI is InChI=1S/C26H36F2N8O6/c1-25(2,3)41-23(37)36(24(38)42-26(4,5)6)20-29-15-16(17(30-20)18(27)28)19-31-21(34-7-11-39-12-8-34)33-22(32-19)35-9-13-40-14-10-35/h15,18H,7-14H2,1-6H3. The van der Waals surface area contributed by atoms with Crippen molar-refractivity contribution < 1.29 is 37.3 Å². The van der Waals surface area contributed by atoms with Gasteiger partial charge in [0, 0.05) is 32.4 Å². The quantitative estimate of drug-likeness (QED) is 0.497. The minimum absolute atomic E-state index is 0.0871. The number of hydrogen-bond acceptors (Lipinski definition) is 13. The number of ether oxygens (including phenoxy) is 4. The third kappa shape index (κ3) is 7.94. The first kappa shape index (κ1) is 31.2. The zero-order valence-corrected chi connectivity index (χ0v) is 24.6. The number of halogens is 2. The molecule has 0 radical (unpaired) electrons. The largest absolute Gasteiger partial charge is 0.443 e. The highest BCUT2D eigenvalue weighted by Crippen LogP contribution is 2.31. The molecule has 14 nitrogen and oxygen atoms in total. The summed E-state index contributed by atoms with van der Waals surface area (Å²) in [4.78, 5) is 51.8. The molecule has 0 bridgehead atoms. The van der Waals surface area contributed by atoms with Crippen LogP contribution in [0.25, 0.3) is 11.4 Å². The second-order valence-electron chi connectivity index (χ2n) is 11.5. The number of anilines is 3. The van der Waals surface area contributed by atoms with Crippen LogP contribution in [0, 0.1) is 0 Å². The molecule has 2 aliphatic rings. The first-order valence-corrected chi connectivity index (χ1v) is 13.5. The van der Waals surface area contributed by atoms with Crippen molar-refractivity contribution in [3.8, 4) is 11.4 Å². The van der Waals surface area contributed by atoms with E-state index in [-0.39, 0.29) is 11.4 Å². The van der Waals surface area contributed by atoms with Crippen LogP contribution in [0.5, 0.6) is 0 Å². The minimum Gasteiger partial charge on any atom is -0.443 e. The molecular weight excluding hydrogens is 558 g/mol. The van der Waals surface area contributed by atoms with Gasteiger partial charge in [-0.2, -0.15) is 15.0 Å². The Morgan fingerprint density at radius 2 is 1.26 bits per heavy atom. The lowest BCUT2D eigenvalue weighted by atomic mass is 10.2. The average Bonchev–Trinajstić information content (AvgIpc) is 2.92. The van der Waals surface area contributed by atoms with Crippen LogP contribution in [0.2, 0.25) is 0 Å². The maximum absolute atomic E-state index is 14.5. The molecule has 2 aliphatic heterocycles. The number of hydrogen-bond donors (Lipinski definition) is 0. The Labute approximate surface area is 242 Å². The number of alkyl halides is 2. The summed E-state index contributed by atoms with van der Waals surface area (Å²) >= 11 is 0. The van der Waals surface area contributed by atoms with Crippen LogP contribution in [0.4, 0.5) is 36.2 Å². The van der Waals surface area contributed by atoms with E-state index in [4.69, 9.17) is 18.9 Å². The average molecular weight is 595 g/mol. The molecule has 42 heavy (non-hydrogen) atoms. The fraction of sp³-hybridized carbons (Fsp3) is 0.654. The van der Waals surface area contributed by atoms with Crippen LogP contribution in [0.3, 0.4) is 0 Å². The van der Waals surface area contributed by atoms with Crippen LogP contribution >= 0.6 is 0 Å². The number of carbonyl (C=O) groups is 2. The Bertz CT molecular complexity index is 1210. The Morgan fingerprint density at radius 1 is 0.810 bits per heavy atom. The molecule has 2 saturated heterocycles. The number of nitrogens with zero attached hydrogens (tertiary/aromatic N) is 8. The Morgan fingerprint density at radius 3 is 1.67 bits per heavy atom. The highest BCUT2D eigenvalue weighted by molar-refractivity contribution is 6.08. The first-order valence-electron chi connectivity index (χ1n) is 13.5. The van der Waals surface area contributed by atoms with Gasteiger partial charge < -0.3 is 28.7 Å². The van der Waals surface area contributed by atoms with Crippen molar-refractivity contribution in [2.24, 2.45) is 0 Å². The summed E-state index contributed by atoms with van der Waals surface area (Å²) in [7, 11) is 0. The maximum Gasteiger partial charge on any atom is 0.427 e. The number of carbonyl (C=O) groups excluding carboxylic acids is 2. The fourth-order valence-corrected chi connectivity index (χ4v) is 3.97. The predicted molar refractivity (Wildman–Crippen MR) is 147 cm³/mol. The van der Waals surface area contributed by atoms with E-state index in [9.17, 15) is 18.4 Å². The maximum atomic E-state index is 14.5. The van der Waals surface area contributed by atoms with E-state index < -0.39 is 41.5 Å². The number of amides is 2. The number of rotatable bonds is 5. The first-order chi connectivity index (χ1) is 19.7. The molecule has 0 unspecified atom stereocenters. The molecule has 4 rings (SSSR count). The van der Waals surface area contributed by atoms with Crippen LogP contribution in [-0.4, -0.2) is 101 Å². The molecule has 2 amide bonds. The van der Waals surface area contributed by atoms with Crippen LogP contribution < -0.4 is 14.7 Å². The topological polar surface area (TPSA) is 145 Å². The molecule has 0 atom stereocenters. The molecule has 0 saturated carbocycles. The Balaban J connectivity index is 1.80. The SMILES string of the molecule is CC(C)(C)OC(=O)N(C(=O)OC(C)(C)C)c1ncc(-c2nc(N3CCOCC3)nc(N3CCOCC3)n2)c(C(F)F)n1. The number of aromatic nitrogens is 5. The van der Waals surface area contributed by atoms with E-state index in [1.165, 1.54) is 0 Å². The number of morpholine rings is 2. The van der Waals surface area contributed by atoms with Gasteiger partial charge in [0.2, 0.25) is 17.8 Å². The third-order valence-corrected chi connectivity index (χ3v) is 5.80. The van der Waals surface area contributed by atoms with E-state index in [1.54, 1.807) is 41.5 Å². The van der Waals surface area contributed by atoms with Gasteiger partial charge in [-0.05, 0) is 41.5 Å². The predicted octanol–water partition coefficient (Wildman–Crippen LogP) is 3.62. The Kier molecular flexibility index (Phi) is 9.35. The molecule has 2 fully saturated rings. The van der Waals surface area contributed by atoms with Gasteiger partial charge in [0.25, 0.3) is 6.43 Å². The molecule has 4 heterocycles. The molecule has 0 aromatic carbocycles. The van der Waals surface area contributed by atoms with Gasteiger partial charge in [-0.3, -0.25) is 0 Å². The molecule has 2 aromatic heterocycles. The van der Waals surface area contributed by atoms with E-state index in [0.29, 0.717) is 69.4 Å². The fourth-order valence-electron chi connectivity index (χ4n) is 3.97. The molecule has 2 aromatic rings. The van der Waals surface area contributed by atoms with Crippen LogP contribution in [-0.2, 0) is 18.9 Å². The molecule has 0 aliphatic carbocycles. The molecular formula is C26H36F2N8O6. The Hall–Kier alpha value is -3.79. The zero-order chi connectivity index (χ0) is 30.7. The van der Waals surface area contributed by atoms with Crippen molar-refractivity contribution in [2.75, 3.05) is 67.3 Å². The van der Waals surface area contributed by atoms with Crippen molar-refractivity contribution in [3.05, 3.63) is 11.9 Å². The van der Waals surface area contributed by atoms with Gasteiger partial charge in [-0.1, -0.05) is 0 Å². The van der Waals surface area contributed by atoms with Gasteiger partial charge in [-0.15, -0.1) is 4.90 Å². The minimum atomic E-state index is -3.14. The summed E-state index contributed by atoms with van der Waals surface area (Å²) in [5.41, 5.74) is -3.00.